The van der Waals surface area contributed by atoms with Crippen LogP contribution < -0.4 is 16.0 Å². The molecule has 2 aromatic rings. The van der Waals surface area contributed by atoms with Crippen molar-refractivity contribution in [2.75, 3.05) is 13.1 Å². The van der Waals surface area contributed by atoms with Gasteiger partial charge in [-0.05, 0) is 67.6 Å². The maximum absolute atomic E-state index is 13.4. The largest absolute Gasteiger partial charge is 0.416 e. The van der Waals surface area contributed by atoms with E-state index in [-0.39, 0.29) is 24.3 Å². The fourth-order valence-corrected chi connectivity index (χ4v) is 5.06. The van der Waals surface area contributed by atoms with Crippen LogP contribution in [0.4, 0.5) is 13.2 Å². The van der Waals surface area contributed by atoms with Gasteiger partial charge in [-0.15, -0.1) is 0 Å². The number of carbonyl (C=O) groups excluding carboxylic acids is 2. The van der Waals surface area contributed by atoms with Gasteiger partial charge in [-0.2, -0.15) is 13.2 Å². The summed E-state index contributed by atoms with van der Waals surface area (Å²) in [5.41, 5.74) is -0.475. The minimum atomic E-state index is -4.45. The van der Waals surface area contributed by atoms with Crippen molar-refractivity contribution < 1.29 is 22.8 Å². The van der Waals surface area contributed by atoms with Crippen molar-refractivity contribution in [2.24, 2.45) is 0 Å². The van der Waals surface area contributed by atoms with Crippen LogP contribution in [0.5, 0.6) is 0 Å². The maximum Gasteiger partial charge on any atom is 0.416 e. The first-order valence-electron chi connectivity index (χ1n) is 11.5. The van der Waals surface area contributed by atoms with E-state index in [0.29, 0.717) is 40.6 Å². The quantitative estimate of drug-likeness (QED) is 0.468. The molecule has 5 nitrogen and oxygen atoms in total. The van der Waals surface area contributed by atoms with Crippen molar-refractivity contribution in [1.29, 1.82) is 0 Å². The Bertz CT molecular complexity index is 1080. The second-order valence-electron chi connectivity index (χ2n) is 9.17. The van der Waals surface area contributed by atoms with Crippen LogP contribution in [0.15, 0.2) is 42.5 Å². The van der Waals surface area contributed by atoms with E-state index in [9.17, 15) is 22.8 Å². The Morgan fingerprint density at radius 2 is 1.83 bits per heavy atom. The molecule has 2 aliphatic rings. The van der Waals surface area contributed by atoms with Crippen LogP contribution in [0.1, 0.15) is 42.4 Å². The van der Waals surface area contributed by atoms with E-state index >= 15 is 0 Å². The highest BCUT2D eigenvalue weighted by atomic mass is 35.5. The van der Waals surface area contributed by atoms with E-state index in [1.54, 1.807) is 18.2 Å². The highest BCUT2D eigenvalue weighted by Gasteiger charge is 2.53. The summed E-state index contributed by atoms with van der Waals surface area (Å²) in [4.78, 5) is 26.5. The molecule has 2 aromatic carbocycles. The molecule has 4 rings (SSSR count). The number of alkyl halides is 3. The van der Waals surface area contributed by atoms with Gasteiger partial charge >= 0.3 is 6.18 Å². The fraction of sp³-hybridized carbons (Fsp3) is 0.440. The van der Waals surface area contributed by atoms with Crippen molar-refractivity contribution >= 4 is 35.0 Å². The smallest absolute Gasteiger partial charge is 0.353 e. The van der Waals surface area contributed by atoms with Crippen molar-refractivity contribution in [1.82, 2.24) is 16.0 Å². The Kier molecular flexibility index (Phi) is 7.64. The highest BCUT2D eigenvalue weighted by Crippen LogP contribution is 2.51. The molecule has 0 aromatic heterocycles. The third kappa shape index (κ3) is 6.11. The van der Waals surface area contributed by atoms with Gasteiger partial charge < -0.3 is 16.0 Å². The Morgan fingerprint density at radius 1 is 1.11 bits per heavy atom. The molecule has 1 heterocycles. The predicted molar refractivity (Wildman–Crippen MR) is 128 cm³/mol. The Morgan fingerprint density at radius 3 is 2.40 bits per heavy atom. The Balaban J connectivity index is 1.51. The van der Waals surface area contributed by atoms with E-state index in [1.165, 1.54) is 12.1 Å². The monoisotopic (exact) mass is 527 g/mol. The number of hydrogen-bond donors (Lipinski definition) is 3. The lowest BCUT2D eigenvalue weighted by Gasteiger charge is -2.24. The molecule has 1 aliphatic heterocycles. The zero-order valence-electron chi connectivity index (χ0n) is 18.9. The number of hydrogen-bond acceptors (Lipinski definition) is 3. The lowest BCUT2D eigenvalue weighted by molar-refractivity contribution is -0.137. The summed E-state index contributed by atoms with van der Waals surface area (Å²) in [5, 5.41) is 9.84. The molecule has 0 radical (unpaired) electrons. The van der Waals surface area contributed by atoms with E-state index in [4.69, 9.17) is 23.2 Å². The van der Waals surface area contributed by atoms with E-state index in [2.05, 4.69) is 16.0 Å². The predicted octanol–water partition coefficient (Wildman–Crippen LogP) is 4.64. The average molecular weight is 528 g/mol. The molecule has 1 saturated carbocycles. The third-order valence-electron chi connectivity index (χ3n) is 6.66. The van der Waals surface area contributed by atoms with Gasteiger partial charge in [-0.1, -0.05) is 41.4 Å². The minimum Gasteiger partial charge on any atom is -0.353 e. The molecule has 2 atom stereocenters. The normalized spacial score (nSPS) is 19.7. The summed E-state index contributed by atoms with van der Waals surface area (Å²) >= 11 is 12.4. The first kappa shape index (κ1) is 25.8. The molecule has 0 bridgehead atoms. The van der Waals surface area contributed by atoms with Crippen LogP contribution in [0.25, 0.3) is 0 Å². The highest BCUT2D eigenvalue weighted by molar-refractivity contribution is 6.35. The standard InChI is InChI=1S/C25H26Cl2F3N3O2/c26-17-7-8-19(20(27)13-17)24(9-10-24)23(35)33-21(22(34)32-14-18-2-1-11-31-18)12-15-3-5-16(6-4-15)25(28,29)30/h3-8,13,18,21,31H,1-2,9-12,14H2,(H,32,34)(H,33,35)/t18?,21-/m0/s1. The van der Waals surface area contributed by atoms with Gasteiger partial charge in [0.2, 0.25) is 11.8 Å². The molecule has 188 valence electrons. The molecule has 2 fully saturated rings. The van der Waals surface area contributed by atoms with Gasteiger partial charge in [0.25, 0.3) is 0 Å². The first-order valence-corrected chi connectivity index (χ1v) is 12.3. The average Bonchev–Trinajstić information content (AvgIpc) is 3.43. The van der Waals surface area contributed by atoms with Gasteiger partial charge in [0.05, 0.1) is 11.0 Å². The molecular formula is C25H26Cl2F3N3O2. The zero-order chi connectivity index (χ0) is 25.2. The summed E-state index contributed by atoms with van der Waals surface area (Å²) in [5.74, 6) is -0.724. The fourth-order valence-electron chi connectivity index (χ4n) is 4.47. The maximum atomic E-state index is 13.4. The Hall–Kier alpha value is -2.29. The number of benzene rings is 2. The van der Waals surface area contributed by atoms with E-state index in [0.717, 1.165) is 31.5 Å². The van der Waals surface area contributed by atoms with E-state index in [1.807, 2.05) is 0 Å². The molecule has 0 spiro atoms. The summed E-state index contributed by atoms with van der Waals surface area (Å²) < 4.78 is 38.8. The summed E-state index contributed by atoms with van der Waals surface area (Å²) in [6.07, 6.45) is -1.29. The van der Waals surface area contributed by atoms with Crippen LogP contribution >= 0.6 is 23.2 Å². The summed E-state index contributed by atoms with van der Waals surface area (Å²) in [7, 11) is 0. The lowest BCUT2D eigenvalue weighted by atomic mass is 9.93. The summed E-state index contributed by atoms with van der Waals surface area (Å²) in [6.45, 7) is 1.29. The van der Waals surface area contributed by atoms with Crippen molar-refractivity contribution in [3.63, 3.8) is 0 Å². The SMILES string of the molecule is O=C(NCC1CCCN1)[C@H](Cc1ccc(C(F)(F)F)cc1)NC(=O)C1(c2ccc(Cl)cc2Cl)CC1. The van der Waals surface area contributed by atoms with Gasteiger partial charge in [0.1, 0.15) is 6.04 Å². The lowest BCUT2D eigenvalue weighted by Crippen LogP contribution is -2.52. The van der Waals surface area contributed by atoms with Gasteiger partial charge in [-0.25, -0.2) is 0 Å². The molecule has 1 aliphatic carbocycles. The number of carbonyl (C=O) groups is 2. The van der Waals surface area contributed by atoms with Crippen LogP contribution in [0.3, 0.4) is 0 Å². The zero-order valence-corrected chi connectivity index (χ0v) is 20.4. The molecule has 35 heavy (non-hydrogen) atoms. The second kappa shape index (κ2) is 10.4. The van der Waals surface area contributed by atoms with Crippen molar-refractivity contribution in [3.05, 3.63) is 69.2 Å². The van der Waals surface area contributed by atoms with Crippen molar-refractivity contribution in [2.45, 2.75) is 55.8 Å². The first-order chi connectivity index (χ1) is 16.6. The number of halogens is 5. The number of rotatable bonds is 8. The molecule has 1 unspecified atom stereocenters. The molecule has 1 saturated heterocycles. The van der Waals surface area contributed by atoms with Gasteiger partial charge in [0.15, 0.2) is 0 Å². The van der Waals surface area contributed by atoms with Crippen LogP contribution in [-0.2, 0) is 27.6 Å². The number of nitrogens with one attached hydrogen (secondary N) is 3. The topological polar surface area (TPSA) is 70.2 Å². The molecule has 2 amide bonds. The van der Waals surface area contributed by atoms with Crippen molar-refractivity contribution in [3.8, 4) is 0 Å². The summed E-state index contributed by atoms with van der Waals surface area (Å²) in [6, 6.07) is 8.77. The molecule has 10 heteroatoms. The number of amides is 2. The van der Waals surface area contributed by atoms with Crippen LogP contribution in [0.2, 0.25) is 10.0 Å². The molecular weight excluding hydrogens is 502 g/mol. The van der Waals surface area contributed by atoms with Gasteiger partial charge in [-0.3, -0.25) is 9.59 Å². The molecule has 3 N–H and O–H groups in total. The van der Waals surface area contributed by atoms with E-state index < -0.39 is 23.2 Å². The van der Waals surface area contributed by atoms with Crippen LogP contribution in [-0.4, -0.2) is 37.0 Å². The van der Waals surface area contributed by atoms with Crippen LogP contribution in [0, 0.1) is 0 Å². The van der Waals surface area contributed by atoms with Gasteiger partial charge in [0, 0.05) is 29.1 Å². The second-order valence-corrected chi connectivity index (χ2v) is 10.0. The minimum absolute atomic E-state index is 0.0538. The Labute approximate surface area is 211 Å². The third-order valence-corrected chi connectivity index (χ3v) is 7.21.